The first-order valence-electron chi connectivity index (χ1n) is 9.70. The van der Waals surface area contributed by atoms with Crippen LogP contribution in [-0.2, 0) is 10.0 Å². The van der Waals surface area contributed by atoms with Gasteiger partial charge in [0.05, 0.1) is 21.5 Å². The van der Waals surface area contributed by atoms with E-state index in [0.717, 1.165) is 35.6 Å². The molecule has 156 valence electrons. The molecular weight excluding hydrogens is 410 g/mol. The number of halogens is 1. The third kappa shape index (κ3) is 4.79. The van der Waals surface area contributed by atoms with Gasteiger partial charge in [0.25, 0.3) is 5.91 Å². The molecule has 3 rings (SSSR count). The number of carbonyl (C=O) groups excluding carboxylic acids is 1. The van der Waals surface area contributed by atoms with Crippen LogP contribution in [0.5, 0.6) is 0 Å². The van der Waals surface area contributed by atoms with Gasteiger partial charge in [0.1, 0.15) is 5.49 Å². The average molecular weight is 436 g/mol. The van der Waals surface area contributed by atoms with Crippen molar-refractivity contribution >= 4 is 27.5 Å². The molecule has 0 atom stereocenters. The number of hydrogen-bond donors (Lipinski definition) is 0. The van der Waals surface area contributed by atoms with Gasteiger partial charge in [0, 0.05) is 20.3 Å². The first kappa shape index (κ1) is 21.7. The van der Waals surface area contributed by atoms with Crippen LogP contribution < -0.4 is 5.49 Å². The number of nitrogens with zero attached hydrogens (tertiary/aromatic N) is 3. The topological polar surface area (TPSA) is 71.7 Å². The maximum atomic E-state index is 13.3. The largest absolute Gasteiger partial charge is 0.268 e. The standard InChI is InChI=1S/C21H26ClN3O3S/c1-15-11-12-25(20(13-15)23-16-7-5-4-6-8-16)21(26)18-14-17(9-10-19(18)22)29(27,28)24(2)3/h9-14,16H,4-8H2,1-3H3. The van der Waals surface area contributed by atoms with Crippen molar-refractivity contribution in [1.82, 2.24) is 8.87 Å². The quantitative estimate of drug-likeness (QED) is 0.736. The Kier molecular flexibility index (Phi) is 6.61. The van der Waals surface area contributed by atoms with Crippen molar-refractivity contribution < 1.29 is 13.2 Å². The Balaban J connectivity index is 2.09. The molecule has 1 aliphatic carbocycles. The Hall–Kier alpha value is -1.96. The zero-order valence-electron chi connectivity index (χ0n) is 16.9. The van der Waals surface area contributed by atoms with Crippen LogP contribution in [0.25, 0.3) is 0 Å². The van der Waals surface area contributed by atoms with Crippen molar-refractivity contribution in [3.8, 4) is 0 Å². The third-order valence-electron chi connectivity index (χ3n) is 5.15. The van der Waals surface area contributed by atoms with Gasteiger partial charge in [0.2, 0.25) is 10.0 Å². The van der Waals surface area contributed by atoms with Crippen LogP contribution >= 0.6 is 11.6 Å². The molecule has 1 aromatic carbocycles. The van der Waals surface area contributed by atoms with E-state index >= 15 is 0 Å². The molecule has 1 heterocycles. The van der Waals surface area contributed by atoms with Crippen molar-refractivity contribution in [2.45, 2.75) is 50.0 Å². The predicted molar refractivity (Wildman–Crippen MR) is 114 cm³/mol. The van der Waals surface area contributed by atoms with Crippen LogP contribution in [0.2, 0.25) is 5.02 Å². The van der Waals surface area contributed by atoms with Crippen LogP contribution in [0.1, 0.15) is 48.0 Å². The van der Waals surface area contributed by atoms with Crippen molar-refractivity contribution in [1.29, 1.82) is 0 Å². The third-order valence-corrected chi connectivity index (χ3v) is 7.29. The normalized spacial score (nSPS) is 16.4. The highest BCUT2D eigenvalue weighted by atomic mass is 35.5. The highest BCUT2D eigenvalue weighted by molar-refractivity contribution is 7.89. The van der Waals surface area contributed by atoms with Gasteiger partial charge in [-0.3, -0.25) is 14.4 Å². The summed E-state index contributed by atoms with van der Waals surface area (Å²) in [5, 5.41) is 0.199. The Morgan fingerprint density at radius 3 is 2.48 bits per heavy atom. The Bertz CT molecular complexity index is 1080. The molecule has 0 spiro atoms. The van der Waals surface area contributed by atoms with E-state index in [0.29, 0.717) is 5.49 Å². The van der Waals surface area contributed by atoms with Crippen LogP contribution in [0.3, 0.4) is 0 Å². The lowest BCUT2D eigenvalue weighted by Crippen LogP contribution is -2.30. The number of sulfonamides is 1. The van der Waals surface area contributed by atoms with E-state index in [1.165, 1.54) is 43.3 Å². The first-order valence-corrected chi connectivity index (χ1v) is 11.5. The lowest BCUT2D eigenvalue weighted by Gasteiger charge is -2.18. The monoisotopic (exact) mass is 435 g/mol. The molecule has 0 amide bonds. The lowest BCUT2D eigenvalue weighted by molar-refractivity contribution is 0.0954. The summed E-state index contributed by atoms with van der Waals surface area (Å²) in [5.74, 6) is -0.402. The Morgan fingerprint density at radius 1 is 1.14 bits per heavy atom. The highest BCUT2D eigenvalue weighted by Crippen LogP contribution is 2.23. The average Bonchev–Trinajstić information content (AvgIpc) is 2.68. The number of aryl methyl sites for hydroxylation is 1. The molecule has 8 heteroatoms. The van der Waals surface area contributed by atoms with Crippen LogP contribution in [0.4, 0.5) is 0 Å². The predicted octanol–water partition coefficient (Wildman–Crippen LogP) is 3.62. The Labute approximate surface area is 176 Å². The van der Waals surface area contributed by atoms with E-state index in [-0.39, 0.29) is 21.5 Å². The number of aromatic nitrogens is 1. The molecule has 0 unspecified atom stereocenters. The van der Waals surface area contributed by atoms with Crippen molar-refractivity contribution in [3.05, 3.63) is 58.2 Å². The zero-order chi connectivity index (χ0) is 21.2. The summed E-state index contributed by atoms with van der Waals surface area (Å²) in [4.78, 5) is 18.1. The summed E-state index contributed by atoms with van der Waals surface area (Å²) in [5.41, 5.74) is 1.70. The van der Waals surface area contributed by atoms with Gasteiger partial charge in [-0.1, -0.05) is 30.9 Å². The van der Waals surface area contributed by atoms with E-state index in [1.807, 2.05) is 19.1 Å². The summed E-state index contributed by atoms with van der Waals surface area (Å²) in [6.07, 6.45) is 7.21. The van der Waals surface area contributed by atoms with Gasteiger partial charge in [-0.2, -0.15) is 0 Å². The van der Waals surface area contributed by atoms with Gasteiger partial charge >= 0.3 is 0 Å². The number of carbonyl (C=O) groups is 1. The van der Waals surface area contributed by atoms with Gasteiger partial charge in [-0.15, -0.1) is 0 Å². The molecule has 0 bridgehead atoms. The smallest absolute Gasteiger partial charge is 0.265 e. The molecule has 0 N–H and O–H groups in total. The number of rotatable bonds is 4. The summed E-state index contributed by atoms with van der Waals surface area (Å²) in [6, 6.07) is 8.07. The summed E-state index contributed by atoms with van der Waals surface area (Å²) >= 11 is 6.27. The molecular formula is C21H26ClN3O3S. The summed E-state index contributed by atoms with van der Waals surface area (Å²) < 4.78 is 27.5. The fourth-order valence-electron chi connectivity index (χ4n) is 3.43. The Morgan fingerprint density at radius 2 is 1.83 bits per heavy atom. The SMILES string of the molecule is Cc1ccn(C(=O)c2cc(S(=O)(=O)N(C)C)ccc2Cl)c(=NC2CCCCC2)c1. The van der Waals surface area contributed by atoms with Crippen molar-refractivity contribution in [3.63, 3.8) is 0 Å². The second-order valence-corrected chi connectivity index (χ2v) is 10.1. The van der Waals surface area contributed by atoms with Crippen LogP contribution in [0, 0.1) is 6.92 Å². The molecule has 29 heavy (non-hydrogen) atoms. The second-order valence-electron chi connectivity index (χ2n) is 7.59. The second kappa shape index (κ2) is 8.81. The fourth-order valence-corrected chi connectivity index (χ4v) is 4.55. The molecule has 6 nitrogen and oxygen atoms in total. The summed E-state index contributed by atoms with van der Waals surface area (Å²) in [7, 11) is -0.790. The molecule has 1 aromatic heterocycles. The number of pyridine rings is 1. The van der Waals surface area contributed by atoms with Gasteiger partial charge < -0.3 is 0 Å². The van der Waals surface area contributed by atoms with Gasteiger partial charge in [-0.25, -0.2) is 12.7 Å². The maximum Gasteiger partial charge on any atom is 0.265 e. The van der Waals surface area contributed by atoms with Crippen molar-refractivity contribution in [2.75, 3.05) is 14.1 Å². The zero-order valence-corrected chi connectivity index (χ0v) is 18.5. The highest BCUT2D eigenvalue weighted by Gasteiger charge is 2.22. The minimum absolute atomic E-state index is 0.0220. The minimum Gasteiger partial charge on any atom is -0.268 e. The molecule has 1 aliphatic rings. The van der Waals surface area contributed by atoms with Gasteiger partial charge in [0.15, 0.2) is 0 Å². The minimum atomic E-state index is -3.68. The molecule has 0 aliphatic heterocycles. The van der Waals surface area contributed by atoms with Crippen LogP contribution in [0.15, 0.2) is 46.4 Å². The summed E-state index contributed by atoms with van der Waals surface area (Å²) in [6.45, 7) is 1.95. The van der Waals surface area contributed by atoms with E-state index in [1.54, 1.807) is 6.20 Å². The number of hydrogen-bond acceptors (Lipinski definition) is 4. The lowest BCUT2D eigenvalue weighted by atomic mass is 9.96. The molecule has 2 aromatic rings. The molecule has 1 saturated carbocycles. The maximum absolute atomic E-state index is 13.3. The fraction of sp³-hybridized carbons (Fsp3) is 0.429. The van der Waals surface area contributed by atoms with E-state index in [4.69, 9.17) is 16.6 Å². The van der Waals surface area contributed by atoms with Crippen LogP contribution in [-0.4, -0.2) is 43.3 Å². The molecule has 1 fully saturated rings. The number of benzene rings is 1. The van der Waals surface area contributed by atoms with Gasteiger partial charge in [-0.05, 0) is 55.7 Å². The van der Waals surface area contributed by atoms with E-state index < -0.39 is 15.9 Å². The van der Waals surface area contributed by atoms with Crippen molar-refractivity contribution in [2.24, 2.45) is 4.99 Å². The van der Waals surface area contributed by atoms with E-state index in [9.17, 15) is 13.2 Å². The molecule has 0 saturated heterocycles. The van der Waals surface area contributed by atoms with E-state index in [2.05, 4.69) is 0 Å². The molecule has 0 radical (unpaired) electrons. The first-order chi connectivity index (χ1) is 13.7.